The van der Waals surface area contributed by atoms with Gasteiger partial charge in [0.1, 0.15) is 5.82 Å². The molecule has 0 N–H and O–H groups in total. The Kier molecular flexibility index (Phi) is 8.32. The maximum atomic E-state index is 14.7. The summed E-state index contributed by atoms with van der Waals surface area (Å²) in [5.41, 5.74) is 2.84. The largest absolute Gasteiger partial charge is 0.205 e. The molecule has 24 heavy (non-hydrogen) atoms. The van der Waals surface area contributed by atoms with E-state index < -0.39 is 0 Å². The third kappa shape index (κ3) is 5.34. The summed E-state index contributed by atoms with van der Waals surface area (Å²) in [5, 5.41) is 0.342. The van der Waals surface area contributed by atoms with E-state index in [0.717, 1.165) is 48.3 Å². The molecule has 2 rings (SSSR count). The summed E-state index contributed by atoms with van der Waals surface area (Å²) in [7, 11) is 0. The lowest BCUT2D eigenvalue weighted by Crippen LogP contribution is -2.07. The Balaban J connectivity index is 2.00. The topological polar surface area (TPSA) is 0 Å². The highest BCUT2D eigenvalue weighted by Gasteiger charge is 2.19. The molecule has 0 nitrogen and oxygen atoms in total. The number of halogens is 2. The molecule has 134 valence electrons. The fourth-order valence-corrected chi connectivity index (χ4v) is 3.93. The van der Waals surface area contributed by atoms with E-state index in [1.807, 2.05) is 12.1 Å². The quantitative estimate of drug-likeness (QED) is 0.396. The van der Waals surface area contributed by atoms with E-state index in [1.54, 1.807) is 0 Å². The molecule has 0 spiro atoms. The Labute approximate surface area is 152 Å². The predicted molar refractivity (Wildman–Crippen MR) is 104 cm³/mol. The Morgan fingerprint density at radius 3 is 2.50 bits per heavy atom. The van der Waals surface area contributed by atoms with Crippen molar-refractivity contribution in [1.82, 2.24) is 0 Å². The monoisotopic (exact) mass is 350 g/mol. The van der Waals surface area contributed by atoms with E-state index in [2.05, 4.69) is 19.9 Å². The minimum absolute atomic E-state index is 0.207. The first-order valence-corrected chi connectivity index (χ1v) is 10.2. The third-order valence-corrected chi connectivity index (χ3v) is 5.70. The fraction of sp³-hybridized carbons (Fsp3) is 0.636. The zero-order valence-corrected chi connectivity index (χ0v) is 16.1. The number of rotatable bonds is 9. The van der Waals surface area contributed by atoms with Gasteiger partial charge in [-0.1, -0.05) is 82.2 Å². The maximum absolute atomic E-state index is 14.7. The van der Waals surface area contributed by atoms with Gasteiger partial charge in [-0.05, 0) is 49.2 Å². The molecule has 0 radical (unpaired) electrons. The molecule has 0 amide bonds. The van der Waals surface area contributed by atoms with Crippen molar-refractivity contribution in [1.29, 1.82) is 0 Å². The number of unbranched alkanes of at least 4 members (excludes halogenated alkanes) is 4. The van der Waals surface area contributed by atoms with Crippen LogP contribution in [0.5, 0.6) is 0 Å². The molecule has 1 aliphatic carbocycles. The molecule has 1 aromatic rings. The summed E-state index contributed by atoms with van der Waals surface area (Å²) < 4.78 is 14.7. The zero-order chi connectivity index (χ0) is 17.4. The molecule has 0 heterocycles. The van der Waals surface area contributed by atoms with Crippen molar-refractivity contribution in [3.05, 3.63) is 40.2 Å². The molecule has 0 aromatic heterocycles. The molecule has 0 saturated heterocycles. The second-order valence-corrected chi connectivity index (χ2v) is 7.60. The summed E-state index contributed by atoms with van der Waals surface area (Å²) in [6.07, 6.45) is 15.1. The first kappa shape index (κ1) is 19.5. The number of hydrogen-bond donors (Lipinski definition) is 0. The minimum Gasteiger partial charge on any atom is -0.205 e. The van der Waals surface area contributed by atoms with Crippen LogP contribution in [0.25, 0.3) is 5.57 Å². The van der Waals surface area contributed by atoms with Crippen molar-refractivity contribution in [2.24, 2.45) is 5.92 Å². The molecule has 2 heteroatoms. The van der Waals surface area contributed by atoms with E-state index in [9.17, 15) is 4.39 Å². The van der Waals surface area contributed by atoms with Crippen LogP contribution < -0.4 is 0 Å². The van der Waals surface area contributed by atoms with Gasteiger partial charge in [0.2, 0.25) is 0 Å². The Hall–Kier alpha value is -0.820. The van der Waals surface area contributed by atoms with Crippen LogP contribution >= 0.6 is 11.6 Å². The Morgan fingerprint density at radius 1 is 1.08 bits per heavy atom. The van der Waals surface area contributed by atoms with Crippen molar-refractivity contribution in [2.45, 2.75) is 84.5 Å². The molecule has 0 fully saturated rings. The molecule has 1 atom stereocenters. The summed E-state index contributed by atoms with van der Waals surface area (Å²) in [6, 6.07) is 3.98. The highest BCUT2D eigenvalue weighted by molar-refractivity contribution is 6.31. The van der Waals surface area contributed by atoms with Crippen LogP contribution in [0.3, 0.4) is 0 Å². The van der Waals surface area contributed by atoms with Crippen LogP contribution in [0.2, 0.25) is 5.02 Å². The van der Waals surface area contributed by atoms with Crippen LogP contribution in [0.4, 0.5) is 4.39 Å². The second-order valence-electron chi connectivity index (χ2n) is 7.22. The highest BCUT2D eigenvalue weighted by atomic mass is 35.5. The van der Waals surface area contributed by atoms with E-state index >= 15 is 0 Å². The number of allylic oxidation sites excluding steroid dienone is 2. The molecular weight excluding hydrogens is 319 g/mol. The van der Waals surface area contributed by atoms with Crippen molar-refractivity contribution >= 4 is 17.2 Å². The molecular formula is C22H32ClF. The molecule has 1 aliphatic rings. The Morgan fingerprint density at radius 2 is 1.83 bits per heavy atom. The van der Waals surface area contributed by atoms with Gasteiger partial charge in [-0.15, -0.1) is 0 Å². The lowest BCUT2D eigenvalue weighted by Gasteiger charge is -2.23. The lowest BCUT2D eigenvalue weighted by molar-refractivity contribution is 0.427. The van der Waals surface area contributed by atoms with E-state index in [1.165, 1.54) is 44.9 Å². The van der Waals surface area contributed by atoms with Crippen molar-refractivity contribution in [3.63, 3.8) is 0 Å². The number of benzene rings is 1. The maximum Gasteiger partial charge on any atom is 0.149 e. The van der Waals surface area contributed by atoms with Crippen LogP contribution in [-0.2, 0) is 6.42 Å². The molecule has 0 saturated carbocycles. The average Bonchev–Trinajstić information content (AvgIpc) is 2.60. The lowest BCUT2D eigenvalue weighted by atomic mass is 9.83. The third-order valence-electron chi connectivity index (χ3n) is 5.29. The summed E-state index contributed by atoms with van der Waals surface area (Å²) >= 11 is 6.31. The van der Waals surface area contributed by atoms with Crippen molar-refractivity contribution in [2.75, 3.05) is 0 Å². The van der Waals surface area contributed by atoms with Gasteiger partial charge in [0.05, 0.1) is 5.02 Å². The smallest absolute Gasteiger partial charge is 0.149 e. The standard InChI is InChI=1S/C22H32ClF/c1-3-5-7-9-17-11-13-18(14-12-17)20-16-15-19(10-8-6-4-2)21(23)22(20)24/h13,15-17H,3-12,14H2,1-2H3. The van der Waals surface area contributed by atoms with Gasteiger partial charge in [-0.25, -0.2) is 4.39 Å². The SMILES string of the molecule is CCCCCc1ccc(C2=CCC(CCCCC)CC2)c(F)c1Cl. The van der Waals surface area contributed by atoms with Crippen LogP contribution in [0.15, 0.2) is 18.2 Å². The Bertz CT molecular complexity index is 547. The van der Waals surface area contributed by atoms with Crippen molar-refractivity contribution < 1.29 is 4.39 Å². The average molecular weight is 351 g/mol. The van der Waals surface area contributed by atoms with Gasteiger partial charge in [-0.3, -0.25) is 0 Å². The van der Waals surface area contributed by atoms with Gasteiger partial charge in [0, 0.05) is 5.56 Å². The van der Waals surface area contributed by atoms with Gasteiger partial charge in [0.25, 0.3) is 0 Å². The molecule has 1 aromatic carbocycles. The van der Waals surface area contributed by atoms with Gasteiger partial charge in [-0.2, -0.15) is 0 Å². The first-order valence-electron chi connectivity index (χ1n) is 9.83. The fourth-order valence-electron chi connectivity index (χ4n) is 3.67. The van der Waals surface area contributed by atoms with Gasteiger partial charge >= 0.3 is 0 Å². The van der Waals surface area contributed by atoms with E-state index in [-0.39, 0.29) is 5.82 Å². The van der Waals surface area contributed by atoms with Crippen LogP contribution in [0.1, 0.15) is 89.2 Å². The predicted octanol–water partition coefficient (Wildman–Crippen LogP) is 7.98. The number of aryl methyl sites for hydroxylation is 1. The van der Waals surface area contributed by atoms with Gasteiger partial charge < -0.3 is 0 Å². The van der Waals surface area contributed by atoms with Crippen LogP contribution in [0, 0.1) is 11.7 Å². The van der Waals surface area contributed by atoms with E-state index in [4.69, 9.17) is 11.6 Å². The second kappa shape index (κ2) is 10.2. The zero-order valence-electron chi connectivity index (χ0n) is 15.3. The molecule has 0 bridgehead atoms. The number of hydrogen-bond acceptors (Lipinski definition) is 0. The summed E-state index contributed by atoms with van der Waals surface area (Å²) in [4.78, 5) is 0. The van der Waals surface area contributed by atoms with E-state index in [0.29, 0.717) is 5.02 Å². The van der Waals surface area contributed by atoms with Crippen LogP contribution in [-0.4, -0.2) is 0 Å². The van der Waals surface area contributed by atoms with Gasteiger partial charge in [0.15, 0.2) is 0 Å². The van der Waals surface area contributed by atoms with Crippen molar-refractivity contribution in [3.8, 4) is 0 Å². The molecule has 0 aliphatic heterocycles. The minimum atomic E-state index is -0.207. The first-order chi connectivity index (χ1) is 11.7. The summed E-state index contributed by atoms with van der Waals surface area (Å²) in [6.45, 7) is 4.42. The molecule has 1 unspecified atom stereocenters. The normalized spacial score (nSPS) is 17.8. The highest BCUT2D eigenvalue weighted by Crippen LogP contribution is 2.36. The summed E-state index contributed by atoms with van der Waals surface area (Å²) in [5.74, 6) is 0.577.